The maximum atomic E-state index is 13.3. The molecule has 2 N–H and O–H groups in total. The normalized spacial score (nSPS) is 15.6. The van der Waals surface area contributed by atoms with Crippen LogP contribution in [0.3, 0.4) is 0 Å². The number of carbonyl (C=O) groups excluding carboxylic acids is 1. The summed E-state index contributed by atoms with van der Waals surface area (Å²) in [6, 6.07) is 2.01. The van der Waals surface area contributed by atoms with Crippen LogP contribution in [0.15, 0.2) is 23.4 Å². The Morgan fingerprint density at radius 2 is 1.50 bits per heavy atom. The quantitative estimate of drug-likeness (QED) is 0.830. The van der Waals surface area contributed by atoms with E-state index in [1.165, 1.54) is 16.7 Å². The molecule has 28 heavy (non-hydrogen) atoms. The first-order valence-corrected chi connectivity index (χ1v) is 10.5. The number of aryl methyl sites for hydroxylation is 2. The van der Waals surface area contributed by atoms with Crippen molar-refractivity contribution in [2.75, 3.05) is 31.9 Å². The Balaban J connectivity index is 1.82. The number of sulfonamides is 1. The standard InChI is InChI=1S/C19H25N5O3S/c1-12-11-13(2)15(4)17(14(12)3)28(26,27)24-9-7-23(8-10-24)19(25)16-18(20)22-6-5-21-16/h5-6,11H,7-10H2,1-4H3,(H2,20,22). The van der Waals surface area contributed by atoms with E-state index in [4.69, 9.17) is 5.73 Å². The van der Waals surface area contributed by atoms with Crippen LogP contribution in [0.4, 0.5) is 5.82 Å². The number of rotatable bonds is 3. The van der Waals surface area contributed by atoms with E-state index in [0.717, 1.165) is 22.3 Å². The first kappa shape index (κ1) is 20.2. The number of amides is 1. The smallest absolute Gasteiger partial charge is 0.276 e. The fourth-order valence-electron chi connectivity index (χ4n) is 3.49. The van der Waals surface area contributed by atoms with E-state index in [2.05, 4.69) is 9.97 Å². The Bertz CT molecular complexity index is 1000. The summed E-state index contributed by atoms with van der Waals surface area (Å²) in [6.45, 7) is 8.51. The molecule has 2 heterocycles. The number of aromatic nitrogens is 2. The molecule has 1 aliphatic rings. The molecule has 1 aliphatic heterocycles. The molecule has 150 valence electrons. The van der Waals surface area contributed by atoms with Gasteiger partial charge >= 0.3 is 0 Å². The summed E-state index contributed by atoms with van der Waals surface area (Å²) in [7, 11) is -3.65. The molecule has 1 aromatic heterocycles. The van der Waals surface area contributed by atoms with Crippen molar-refractivity contribution in [1.82, 2.24) is 19.2 Å². The fraction of sp³-hybridized carbons (Fsp3) is 0.421. The zero-order chi connectivity index (χ0) is 20.6. The average Bonchev–Trinajstić information content (AvgIpc) is 2.66. The van der Waals surface area contributed by atoms with E-state index in [-0.39, 0.29) is 43.6 Å². The van der Waals surface area contributed by atoms with Crippen molar-refractivity contribution in [3.63, 3.8) is 0 Å². The van der Waals surface area contributed by atoms with Crippen LogP contribution in [0.2, 0.25) is 0 Å². The minimum atomic E-state index is -3.65. The summed E-state index contributed by atoms with van der Waals surface area (Å²) >= 11 is 0. The minimum Gasteiger partial charge on any atom is -0.382 e. The molecule has 9 heteroatoms. The molecule has 0 aliphatic carbocycles. The van der Waals surface area contributed by atoms with Gasteiger partial charge in [0, 0.05) is 38.6 Å². The van der Waals surface area contributed by atoms with Crippen LogP contribution < -0.4 is 5.73 Å². The second-order valence-corrected chi connectivity index (χ2v) is 8.95. The summed E-state index contributed by atoms with van der Waals surface area (Å²) in [4.78, 5) is 22.4. The molecule has 1 aromatic carbocycles. The highest BCUT2D eigenvalue weighted by molar-refractivity contribution is 7.89. The second-order valence-electron chi connectivity index (χ2n) is 7.08. The van der Waals surface area contributed by atoms with Gasteiger partial charge in [0.05, 0.1) is 4.90 Å². The lowest BCUT2D eigenvalue weighted by molar-refractivity contribution is 0.0692. The highest BCUT2D eigenvalue weighted by atomic mass is 32.2. The first-order chi connectivity index (χ1) is 13.1. The molecule has 0 atom stereocenters. The van der Waals surface area contributed by atoms with Gasteiger partial charge in [0.25, 0.3) is 5.91 Å². The number of nitrogen functional groups attached to an aromatic ring is 1. The van der Waals surface area contributed by atoms with Crippen LogP contribution in [0.1, 0.15) is 32.7 Å². The Kier molecular flexibility index (Phi) is 5.40. The Morgan fingerprint density at radius 3 is 2.04 bits per heavy atom. The number of carbonyl (C=O) groups is 1. The number of hydrogen-bond donors (Lipinski definition) is 1. The Morgan fingerprint density at radius 1 is 0.964 bits per heavy atom. The van der Waals surface area contributed by atoms with Gasteiger partial charge < -0.3 is 10.6 Å². The molecule has 1 saturated heterocycles. The van der Waals surface area contributed by atoms with E-state index in [1.54, 1.807) is 4.90 Å². The lowest BCUT2D eigenvalue weighted by Crippen LogP contribution is -2.51. The molecule has 1 fully saturated rings. The number of anilines is 1. The summed E-state index contributed by atoms with van der Waals surface area (Å²) in [5.41, 5.74) is 9.28. The first-order valence-electron chi connectivity index (χ1n) is 9.08. The van der Waals surface area contributed by atoms with E-state index in [1.807, 2.05) is 33.8 Å². The molecular formula is C19H25N5O3S. The van der Waals surface area contributed by atoms with Gasteiger partial charge in [-0.05, 0) is 49.9 Å². The number of hydrogen-bond acceptors (Lipinski definition) is 6. The number of piperazine rings is 1. The summed E-state index contributed by atoms with van der Waals surface area (Å²) < 4.78 is 28.1. The molecule has 8 nitrogen and oxygen atoms in total. The van der Waals surface area contributed by atoms with Crippen LogP contribution in [-0.4, -0.2) is 59.7 Å². The van der Waals surface area contributed by atoms with Gasteiger partial charge in [0.1, 0.15) is 0 Å². The van der Waals surface area contributed by atoms with Crippen LogP contribution in [0, 0.1) is 27.7 Å². The maximum Gasteiger partial charge on any atom is 0.276 e. The molecule has 1 amide bonds. The summed E-state index contributed by atoms with van der Waals surface area (Å²) in [6.07, 6.45) is 2.83. The Hall–Kier alpha value is -2.52. The zero-order valence-electron chi connectivity index (χ0n) is 16.6. The number of nitrogens with two attached hydrogens (primary N) is 1. The third-order valence-corrected chi connectivity index (χ3v) is 7.52. The van der Waals surface area contributed by atoms with Gasteiger partial charge in [0.15, 0.2) is 11.5 Å². The van der Waals surface area contributed by atoms with Gasteiger partial charge in [0.2, 0.25) is 10.0 Å². The van der Waals surface area contributed by atoms with Crippen molar-refractivity contribution in [2.24, 2.45) is 0 Å². The number of nitrogens with zero attached hydrogens (tertiary/aromatic N) is 4. The third-order valence-electron chi connectivity index (χ3n) is 5.35. The SMILES string of the molecule is Cc1cc(C)c(C)c(S(=O)(=O)N2CCN(C(=O)c3nccnc3N)CC2)c1C. The summed E-state index contributed by atoms with van der Waals surface area (Å²) in [5, 5.41) is 0. The van der Waals surface area contributed by atoms with Crippen molar-refractivity contribution >= 4 is 21.7 Å². The predicted molar refractivity (Wildman–Crippen MR) is 106 cm³/mol. The van der Waals surface area contributed by atoms with Crippen molar-refractivity contribution in [2.45, 2.75) is 32.6 Å². The van der Waals surface area contributed by atoms with Crippen molar-refractivity contribution in [1.29, 1.82) is 0 Å². The minimum absolute atomic E-state index is 0.0732. The van der Waals surface area contributed by atoms with Crippen molar-refractivity contribution in [3.8, 4) is 0 Å². The van der Waals surface area contributed by atoms with E-state index in [9.17, 15) is 13.2 Å². The van der Waals surface area contributed by atoms with Crippen LogP contribution >= 0.6 is 0 Å². The van der Waals surface area contributed by atoms with E-state index < -0.39 is 10.0 Å². The van der Waals surface area contributed by atoms with Gasteiger partial charge in [-0.2, -0.15) is 4.31 Å². The number of benzene rings is 1. The van der Waals surface area contributed by atoms with Crippen LogP contribution in [-0.2, 0) is 10.0 Å². The molecular weight excluding hydrogens is 378 g/mol. The van der Waals surface area contributed by atoms with Gasteiger partial charge in [-0.25, -0.2) is 18.4 Å². The highest BCUT2D eigenvalue weighted by Crippen LogP contribution is 2.29. The van der Waals surface area contributed by atoms with E-state index in [0.29, 0.717) is 4.90 Å². The molecule has 0 bridgehead atoms. The van der Waals surface area contributed by atoms with Crippen molar-refractivity contribution < 1.29 is 13.2 Å². The van der Waals surface area contributed by atoms with Gasteiger partial charge in [-0.1, -0.05) is 6.07 Å². The molecule has 2 aromatic rings. The summed E-state index contributed by atoms with van der Waals surface area (Å²) in [5.74, 6) is -0.259. The third kappa shape index (κ3) is 3.47. The van der Waals surface area contributed by atoms with Crippen molar-refractivity contribution in [3.05, 3.63) is 46.4 Å². The van der Waals surface area contributed by atoms with Gasteiger partial charge in [-0.3, -0.25) is 4.79 Å². The maximum absolute atomic E-state index is 13.3. The van der Waals surface area contributed by atoms with E-state index >= 15 is 0 Å². The lowest BCUT2D eigenvalue weighted by atomic mass is 10.0. The Labute approximate surface area is 165 Å². The van der Waals surface area contributed by atoms with Gasteiger partial charge in [-0.15, -0.1) is 0 Å². The fourth-order valence-corrected chi connectivity index (χ4v) is 5.49. The molecule has 0 spiro atoms. The zero-order valence-corrected chi connectivity index (χ0v) is 17.4. The lowest BCUT2D eigenvalue weighted by Gasteiger charge is -2.34. The topological polar surface area (TPSA) is 109 Å². The predicted octanol–water partition coefficient (Wildman–Crippen LogP) is 1.44. The van der Waals surface area contributed by atoms with Crippen LogP contribution in [0.25, 0.3) is 0 Å². The molecule has 3 rings (SSSR count). The molecule has 0 unspecified atom stereocenters. The average molecular weight is 404 g/mol. The molecule has 0 saturated carbocycles. The molecule has 0 radical (unpaired) electrons. The highest BCUT2D eigenvalue weighted by Gasteiger charge is 2.33. The largest absolute Gasteiger partial charge is 0.382 e. The monoisotopic (exact) mass is 403 g/mol. The second kappa shape index (κ2) is 7.48. The van der Waals surface area contributed by atoms with Crippen LogP contribution in [0.5, 0.6) is 0 Å².